The Labute approximate surface area is 199 Å². The summed E-state index contributed by atoms with van der Waals surface area (Å²) in [6.45, 7) is 2.65. The minimum absolute atomic E-state index is 0.121. The fourth-order valence-electron chi connectivity index (χ4n) is 4.36. The molecule has 1 fully saturated rings. The lowest BCUT2D eigenvalue weighted by molar-refractivity contribution is -0.119. The number of benzene rings is 2. The quantitative estimate of drug-likeness (QED) is 0.472. The highest BCUT2D eigenvalue weighted by molar-refractivity contribution is 7.97. The van der Waals surface area contributed by atoms with E-state index in [1.165, 1.54) is 5.56 Å². The molecule has 1 aromatic heterocycles. The first-order valence-electron chi connectivity index (χ1n) is 11.6. The van der Waals surface area contributed by atoms with Crippen LogP contribution in [0.15, 0.2) is 71.9 Å². The van der Waals surface area contributed by atoms with Crippen LogP contribution in [0.5, 0.6) is 0 Å². The zero-order valence-corrected chi connectivity index (χ0v) is 19.6. The molecule has 170 valence electrons. The van der Waals surface area contributed by atoms with Crippen molar-refractivity contribution in [2.24, 2.45) is 5.92 Å². The molecule has 1 heterocycles. The molecule has 2 aliphatic carbocycles. The average molecular weight is 460 g/mol. The van der Waals surface area contributed by atoms with Gasteiger partial charge in [-0.2, -0.15) is 0 Å². The van der Waals surface area contributed by atoms with Gasteiger partial charge in [-0.25, -0.2) is 4.72 Å². The number of anilines is 1. The molecule has 6 heteroatoms. The molecular weight excluding hydrogens is 430 g/mol. The fraction of sp³-hybridized carbons (Fsp3) is 0.333. The Morgan fingerprint density at radius 2 is 1.97 bits per heavy atom. The van der Waals surface area contributed by atoms with Crippen molar-refractivity contribution >= 4 is 23.5 Å². The zero-order valence-electron chi connectivity index (χ0n) is 18.8. The number of aromatic nitrogens is 1. The van der Waals surface area contributed by atoms with Crippen molar-refractivity contribution in [2.75, 3.05) is 4.90 Å². The molecule has 1 saturated carbocycles. The molecule has 2 N–H and O–H groups in total. The Balaban J connectivity index is 1.38. The fourth-order valence-corrected chi connectivity index (χ4v) is 5.18. The molecule has 3 aromatic rings. The lowest BCUT2D eigenvalue weighted by Crippen LogP contribution is -2.32. The van der Waals surface area contributed by atoms with E-state index in [0.717, 1.165) is 46.5 Å². The van der Waals surface area contributed by atoms with Crippen molar-refractivity contribution in [3.63, 3.8) is 0 Å². The second kappa shape index (κ2) is 9.67. The van der Waals surface area contributed by atoms with E-state index in [4.69, 9.17) is 0 Å². The van der Waals surface area contributed by atoms with E-state index in [0.29, 0.717) is 13.0 Å². The van der Waals surface area contributed by atoms with Crippen molar-refractivity contribution in [1.29, 1.82) is 0 Å². The highest BCUT2D eigenvalue weighted by atomic mass is 32.2. The van der Waals surface area contributed by atoms with Gasteiger partial charge in [-0.15, -0.1) is 0 Å². The van der Waals surface area contributed by atoms with Gasteiger partial charge in [0, 0.05) is 35.3 Å². The standard InChI is InChI=1S/C27H29N3O2S/c1-2-18-5-11-23(12-6-18)33-29-26-24-15-22(10-9-21(24)14-25(26)31)30(27(32)20-7-8-20)17-19-4-3-13-28-16-19/h3-6,9-13,15-16,20,25-26,29,31H,2,7-8,14,17H2,1H3/t25-,26?/m1/s1. The van der Waals surface area contributed by atoms with Crippen molar-refractivity contribution in [2.45, 2.75) is 56.2 Å². The van der Waals surface area contributed by atoms with Gasteiger partial charge in [0.2, 0.25) is 5.91 Å². The number of hydrogen-bond acceptors (Lipinski definition) is 5. The topological polar surface area (TPSA) is 65.5 Å². The van der Waals surface area contributed by atoms with E-state index in [-0.39, 0.29) is 17.9 Å². The molecule has 0 saturated heterocycles. The van der Waals surface area contributed by atoms with Crippen LogP contribution in [0.2, 0.25) is 0 Å². The molecule has 0 aliphatic heterocycles. The van der Waals surface area contributed by atoms with Gasteiger partial charge >= 0.3 is 0 Å². The first-order valence-corrected chi connectivity index (χ1v) is 12.5. The second-order valence-electron chi connectivity index (χ2n) is 8.91. The number of nitrogens with zero attached hydrogens (tertiary/aromatic N) is 2. The first kappa shape index (κ1) is 22.1. The van der Waals surface area contributed by atoms with E-state index in [9.17, 15) is 9.90 Å². The molecule has 5 rings (SSSR count). The van der Waals surface area contributed by atoms with E-state index in [2.05, 4.69) is 53.0 Å². The summed E-state index contributed by atoms with van der Waals surface area (Å²) in [6.07, 6.45) is 6.62. The molecule has 2 aromatic carbocycles. The molecular formula is C27H29N3O2S. The Bertz CT molecular complexity index is 1120. The maximum Gasteiger partial charge on any atom is 0.230 e. The predicted molar refractivity (Wildman–Crippen MR) is 132 cm³/mol. The third-order valence-corrected chi connectivity index (χ3v) is 7.36. The molecule has 1 amide bonds. The van der Waals surface area contributed by atoms with Crippen LogP contribution >= 0.6 is 11.9 Å². The summed E-state index contributed by atoms with van der Waals surface area (Å²) < 4.78 is 3.47. The highest BCUT2D eigenvalue weighted by Crippen LogP contribution is 2.38. The first-order chi connectivity index (χ1) is 16.1. The number of amides is 1. The molecule has 0 bridgehead atoms. The van der Waals surface area contributed by atoms with Gasteiger partial charge in [-0.3, -0.25) is 9.78 Å². The van der Waals surface area contributed by atoms with Crippen molar-refractivity contribution in [3.05, 3.63) is 89.2 Å². The minimum Gasteiger partial charge on any atom is -0.391 e. The number of pyridine rings is 1. The monoisotopic (exact) mass is 459 g/mol. The number of hydrogen-bond donors (Lipinski definition) is 2. The number of carbonyl (C=O) groups excluding carboxylic acids is 1. The lowest BCUT2D eigenvalue weighted by atomic mass is 10.1. The van der Waals surface area contributed by atoms with Gasteiger partial charge in [0.15, 0.2) is 0 Å². The average Bonchev–Trinajstić information content (AvgIpc) is 3.65. The summed E-state index contributed by atoms with van der Waals surface area (Å²) in [5, 5.41) is 10.8. The van der Waals surface area contributed by atoms with Gasteiger partial charge in [0.05, 0.1) is 18.7 Å². The van der Waals surface area contributed by atoms with Crippen LogP contribution in [0.4, 0.5) is 5.69 Å². The summed E-state index contributed by atoms with van der Waals surface area (Å²) in [6, 6.07) is 18.4. The Kier molecular flexibility index (Phi) is 6.49. The van der Waals surface area contributed by atoms with Crippen molar-refractivity contribution in [3.8, 4) is 0 Å². The maximum absolute atomic E-state index is 13.2. The maximum atomic E-state index is 13.2. The third kappa shape index (κ3) is 4.98. The van der Waals surface area contributed by atoms with Crippen LogP contribution in [0.3, 0.4) is 0 Å². The second-order valence-corrected chi connectivity index (χ2v) is 9.82. The van der Waals surface area contributed by atoms with Gasteiger partial charge in [0.25, 0.3) is 0 Å². The van der Waals surface area contributed by atoms with E-state index >= 15 is 0 Å². The molecule has 33 heavy (non-hydrogen) atoms. The number of carbonyl (C=O) groups is 1. The van der Waals surface area contributed by atoms with Crippen LogP contribution in [0.25, 0.3) is 0 Å². The molecule has 1 unspecified atom stereocenters. The van der Waals surface area contributed by atoms with Crippen LogP contribution in [-0.4, -0.2) is 22.1 Å². The van der Waals surface area contributed by atoms with Gasteiger partial charge in [-0.05, 0) is 83.8 Å². The number of aliphatic hydroxyl groups excluding tert-OH is 1. The smallest absolute Gasteiger partial charge is 0.230 e. The number of nitrogens with one attached hydrogen (secondary N) is 1. The number of aryl methyl sites for hydroxylation is 1. The molecule has 2 atom stereocenters. The van der Waals surface area contributed by atoms with E-state index in [1.54, 1.807) is 18.1 Å². The van der Waals surface area contributed by atoms with Crippen LogP contribution < -0.4 is 9.62 Å². The summed E-state index contributed by atoms with van der Waals surface area (Å²) in [5.74, 6) is 0.295. The minimum atomic E-state index is -0.497. The van der Waals surface area contributed by atoms with Crippen LogP contribution in [-0.2, 0) is 24.2 Å². The Morgan fingerprint density at radius 1 is 1.15 bits per heavy atom. The predicted octanol–water partition coefficient (Wildman–Crippen LogP) is 4.84. The summed E-state index contributed by atoms with van der Waals surface area (Å²) >= 11 is 1.54. The number of rotatable bonds is 8. The Hall–Kier alpha value is -2.67. The van der Waals surface area contributed by atoms with Crippen LogP contribution in [0.1, 0.15) is 48.1 Å². The zero-order chi connectivity index (χ0) is 22.8. The molecule has 5 nitrogen and oxygen atoms in total. The van der Waals surface area contributed by atoms with Crippen LogP contribution in [0, 0.1) is 5.92 Å². The number of aliphatic hydroxyl groups is 1. The van der Waals surface area contributed by atoms with Crippen molar-refractivity contribution in [1.82, 2.24) is 9.71 Å². The Morgan fingerprint density at radius 3 is 2.67 bits per heavy atom. The SMILES string of the molecule is CCc1ccc(SNC2c3cc(N(Cc4cccnc4)C(=O)C4CC4)ccc3C[C@H]2O)cc1. The van der Waals surface area contributed by atoms with Gasteiger partial charge in [0.1, 0.15) is 0 Å². The molecule has 2 aliphatic rings. The summed E-state index contributed by atoms with van der Waals surface area (Å²) in [5.41, 5.74) is 5.40. The van der Waals surface area contributed by atoms with Crippen molar-refractivity contribution < 1.29 is 9.90 Å². The van der Waals surface area contributed by atoms with E-state index in [1.807, 2.05) is 29.3 Å². The largest absolute Gasteiger partial charge is 0.391 e. The molecule has 0 spiro atoms. The number of fused-ring (bicyclic) bond motifs is 1. The summed E-state index contributed by atoms with van der Waals surface area (Å²) in [7, 11) is 0. The highest BCUT2D eigenvalue weighted by Gasteiger charge is 2.36. The summed E-state index contributed by atoms with van der Waals surface area (Å²) in [4.78, 5) is 20.4. The molecule has 0 radical (unpaired) electrons. The lowest BCUT2D eigenvalue weighted by Gasteiger charge is -2.25. The van der Waals surface area contributed by atoms with Gasteiger partial charge < -0.3 is 10.0 Å². The van der Waals surface area contributed by atoms with E-state index < -0.39 is 6.10 Å². The normalized spacial score (nSPS) is 19.3. The van der Waals surface area contributed by atoms with Gasteiger partial charge in [-0.1, -0.05) is 31.2 Å². The third-order valence-electron chi connectivity index (χ3n) is 6.48.